The average molecular weight is 220 g/mol. The summed E-state index contributed by atoms with van der Waals surface area (Å²) in [4.78, 5) is 12.2. The van der Waals surface area contributed by atoms with Crippen molar-refractivity contribution in [1.82, 2.24) is 0 Å². The Hall–Kier alpha value is -0.850. The van der Waals surface area contributed by atoms with Gasteiger partial charge in [0.05, 0.1) is 0 Å². The van der Waals surface area contributed by atoms with Crippen molar-refractivity contribution in [3.8, 4) is 0 Å². The third kappa shape index (κ3) is 2.84. The minimum Gasteiger partial charge on any atom is -0.290 e. The van der Waals surface area contributed by atoms with E-state index in [0.717, 1.165) is 31.3 Å². The van der Waals surface area contributed by atoms with E-state index in [-0.39, 0.29) is 11.2 Å². The number of allylic oxidation sites excluding steroid dienone is 4. The highest BCUT2D eigenvalue weighted by Crippen LogP contribution is 2.42. The van der Waals surface area contributed by atoms with E-state index in [1.807, 2.05) is 13.0 Å². The lowest BCUT2D eigenvalue weighted by Crippen LogP contribution is -2.26. The normalized spacial score (nSPS) is 20.5. The van der Waals surface area contributed by atoms with Gasteiger partial charge in [-0.2, -0.15) is 0 Å². The summed E-state index contributed by atoms with van der Waals surface area (Å²) in [5.74, 6) is 0.232. The van der Waals surface area contributed by atoms with Crippen LogP contribution in [0, 0.1) is 5.41 Å². The van der Waals surface area contributed by atoms with E-state index < -0.39 is 0 Å². The zero-order chi connectivity index (χ0) is 12.2. The van der Waals surface area contributed by atoms with Crippen LogP contribution in [0.1, 0.15) is 59.8 Å². The number of rotatable bonds is 4. The second-order valence-electron chi connectivity index (χ2n) is 5.33. The number of carbonyl (C=O) groups is 1. The lowest BCUT2D eigenvalue weighted by molar-refractivity contribution is -0.112. The van der Waals surface area contributed by atoms with Crippen molar-refractivity contribution >= 4 is 5.78 Å². The van der Waals surface area contributed by atoms with Crippen LogP contribution in [0.25, 0.3) is 0 Å². The molecule has 1 nitrogen and oxygen atoms in total. The summed E-state index contributed by atoms with van der Waals surface area (Å²) in [7, 11) is 0. The quantitative estimate of drug-likeness (QED) is 0.640. The molecule has 1 heteroatoms. The molecule has 16 heavy (non-hydrogen) atoms. The van der Waals surface area contributed by atoms with Crippen LogP contribution in [0.4, 0.5) is 0 Å². The zero-order valence-corrected chi connectivity index (χ0v) is 11.1. The monoisotopic (exact) mass is 220 g/mol. The fraction of sp³-hybridized carbons (Fsp3) is 0.667. The Balaban J connectivity index is 3.12. The van der Waals surface area contributed by atoms with Crippen LogP contribution in [0.3, 0.4) is 0 Å². The Morgan fingerprint density at radius 2 is 2.12 bits per heavy atom. The molecule has 0 aromatic rings. The second kappa shape index (κ2) is 5.47. The Morgan fingerprint density at radius 1 is 1.44 bits per heavy atom. The Bertz CT molecular complexity index is 318. The van der Waals surface area contributed by atoms with Gasteiger partial charge in [-0.3, -0.25) is 4.79 Å². The summed E-state index contributed by atoms with van der Waals surface area (Å²) in [6, 6.07) is 0. The average Bonchev–Trinajstić information content (AvgIpc) is 2.17. The van der Waals surface area contributed by atoms with Gasteiger partial charge in [-0.1, -0.05) is 38.8 Å². The molecule has 90 valence electrons. The number of hydrogen-bond donors (Lipinski definition) is 0. The van der Waals surface area contributed by atoms with Crippen molar-refractivity contribution in [3.63, 3.8) is 0 Å². The molecule has 0 atom stereocenters. The molecule has 0 N–H and O–H groups in total. The van der Waals surface area contributed by atoms with Crippen LogP contribution in [-0.4, -0.2) is 5.78 Å². The van der Waals surface area contributed by atoms with Crippen LogP contribution in [0.2, 0.25) is 0 Å². The van der Waals surface area contributed by atoms with E-state index in [1.54, 1.807) is 6.08 Å². The molecule has 0 saturated heterocycles. The second-order valence-corrected chi connectivity index (χ2v) is 5.33. The van der Waals surface area contributed by atoms with Gasteiger partial charge in [-0.15, -0.1) is 0 Å². The molecule has 0 spiro atoms. The Labute approximate surface area is 99.6 Å². The van der Waals surface area contributed by atoms with Crippen molar-refractivity contribution in [3.05, 3.63) is 23.3 Å². The summed E-state index contributed by atoms with van der Waals surface area (Å²) in [6.45, 7) is 8.51. The molecule has 0 aliphatic heterocycles. The van der Waals surface area contributed by atoms with Gasteiger partial charge in [0.1, 0.15) is 0 Å². The van der Waals surface area contributed by atoms with Crippen molar-refractivity contribution in [2.75, 3.05) is 0 Å². The number of hydrogen-bond acceptors (Lipinski definition) is 1. The lowest BCUT2D eigenvalue weighted by atomic mass is 9.70. The zero-order valence-electron chi connectivity index (χ0n) is 11.1. The molecular weight excluding hydrogens is 196 g/mol. The largest absolute Gasteiger partial charge is 0.290 e. The first-order valence-electron chi connectivity index (χ1n) is 6.42. The fourth-order valence-electron chi connectivity index (χ4n) is 2.77. The van der Waals surface area contributed by atoms with Gasteiger partial charge in [0.25, 0.3) is 0 Å². The van der Waals surface area contributed by atoms with Gasteiger partial charge in [-0.25, -0.2) is 0 Å². The molecular formula is C15H24O. The summed E-state index contributed by atoms with van der Waals surface area (Å²) in [6.07, 6.45) is 9.28. The maximum Gasteiger partial charge on any atom is 0.181 e. The van der Waals surface area contributed by atoms with Crippen LogP contribution < -0.4 is 0 Å². The first kappa shape index (κ1) is 13.2. The molecule has 1 aliphatic rings. The molecule has 0 radical (unpaired) electrons. The van der Waals surface area contributed by atoms with Gasteiger partial charge in [-0.05, 0) is 44.1 Å². The molecule has 0 unspecified atom stereocenters. The first-order valence-corrected chi connectivity index (χ1v) is 6.42. The summed E-state index contributed by atoms with van der Waals surface area (Å²) in [5, 5.41) is 0. The Morgan fingerprint density at radius 3 is 2.69 bits per heavy atom. The van der Waals surface area contributed by atoms with Crippen LogP contribution in [-0.2, 0) is 4.79 Å². The van der Waals surface area contributed by atoms with Crippen molar-refractivity contribution in [2.45, 2.75) is 59.8 Å². The molecule has 0 aromatic carbocycles. The van der Waals surface area contributed by atoms with Crippen molar-refractivity contribution in [1.29, 1.82) is 0 Å². The molecule has 0 fully saturated rings. The van der Waals surface area contributed by atoms with Crippen LogP contribution >= 0.6 is 0 Å². The minimum absolute atomic E-state index is 0.0688. The van der Waals surface area contributed by atoms with Gasteiger partial charge < -0.3 is 0 Å². The number of carbonyl (C=O) groups excluding carboxylic acids is 1. The fourth-order valence-corrected chi connectivity index (χ4v) is 2.77. The molecule has 0 bridgehead atoms. The molecule has 0 amide bonds. The summed E-state index contributed by atoms with van der Waals surface area (Å²) in [5.41, 5.74) is 2.57. The maximum absolute atomic E-state index is 12.2. The van der Waals surface area contributed by atoms with Gasteiger partial charge in [0.15, 0.2) is 5.78 Å². The smallest absolute Gasteiger partial charge is 0.181 e. The van der Waals surface area contributed by atoms with Crippen LogP contribution in [0.5, 0.6) is 0 Å². The maximum atomic E-state index is 12.2. The molecule has 0 aromatic heterocycles. The van der Waals surface area contributed by atoms with Crippen molar-refractivity contribution in [2.24, 2.45) is 5.41 Å². The molecule has 0 saturated carbocycles. The SMILES string of the molecule is CC=CC(=O)C1=C(CCC)CCCC1(C)C. The highest BCUT2D eigenvalue weighted by molar-refractivity contribution is 6.05. The topological polar surface area (TPSA) is 17.1 Å². The van der Waals surface area contributed by atoms with Crippen molar-refractivity contribution < 1.29 is 4.79 Å². The number of ketones is 1. The highest BCUT2D eigenvalue weighted by atomic mass is 16.1. The molecule has 1 rings (SSSR count). The minimum atomic E-state index is 0.0688. The van der Waals surface area contributed by atoms with Gasteiger partial charge >= 0.3 is 0 Å². The highest BCUT2D eigenvalue weighted by Gasteiger charge is 2.32. The third-order valence-electron chi connectivity index (χ3n) is 3.43. The predicted octanol–water partition coefficient (Wildman–Crippen LogP) is 4.44. The summed E-state index contributed by atoms with van der Waals surface area (Å²) < 4.78 is 0. The third-order valence-corrected chi connectivity index (χ3v) is 3.43. The van der Waals surface area contributed by atoms with E-state index in [9.17, 15) is 4.79 Å². The van der Waals surface area contributed by atoms with Gasteiger partial charge in [0, 0.05) is 5.57 Å². The predicted molar refractivity (Wildman–Crippen MR) is 69.4 cm³/mol. The van der Waals surface area contributed by atoms with Gasteiger partial charge in [0.2, 0.25) is 0 Å². The van der Waals surface area contributed by atoms with E-state index in [2.05, 4.69) is 20.8 Å². The lowest BCUT2D eigenvalue weighted by Gasteiger charge is -2.34. The van der Waals surface area contributed by atoms with E-state index >= 15 is 0 Å². The van der Waals surface area contributed by atoms with E-state index in [0.29, 0.717) is 0 Å². The molecule has 0 heterocycles. The summed E-state index contributed by atoms with van der Waals surface area (Å²) >= 11 is 0. The van der Waals surface area contributed by atoms with Crippen LogP contribution in [0.15, 0.2) is 23.3 Å². The Kier molecular flexibility index (Phi) is 4.52. The first-order chi connectivity index (χ1) is 7.53. The standard InChI is InChI=1S/C15H24O/c1-5-8-12-10-7-11-15(3,4)14(12)13(16)9-6-2/h6,9H,5,7-8,10-11H2,1-4H3. The van der Waals surface area contributed by atoms with E-state index in [4.69, 9.17) is 0 Å². The molecule has 1 aliphatic carbocycles. The van der Waals surface area contributed by atoms with E-state index in [1.165, 1.54) is 12.0 Å².